The number of nitrogens with one attached hydrogen (secondary N) is 1. The normalized spacial score (nSPS) is 15.3. The molecule has 3 rings (SSSR count). The lowest BCUT2D eigenvalue weighted by Crippen LogP contribution is -2.56. The van der Waals surface area contributed by atoms with Crippen LogP contribution in [0.4, 0.5) is 10.1 Å². The maximum Gasteiger partial charge on any atom is 0.251 e. The Bertz CT molecular complexity index is 775. The average Bonchev–Trinajstić information content (AvgIpc) is 2.72. The van der Waals surface area contributed by atoms with Crippen LogP contribution in [0.25, 0.3) is 0 Å². The van der Waals surface area contributed by atoms with Crippen molar-refractivity contribution < 1.29 is 19.1 Å². The van der Waals surface area contributed by atoms with Gasteiger partial charge >= 0.3 is 0 Å². The second-order valence-electron chi connectivity index (χ2n) is 6.36. The van der Waals surface area contributed by atoms with Crippen molar-refractivity contribution in [2.24, 2.45) is 0 Å². The molecule has 1 atom stereocenters. The number of hydrogen-bond donors (Lipinski definition) is 2. The first-order chi connectivity index (χ1) is 13.1. The zero-order valence-electron chi connectivity index (χ0n) is 14.8. The van der Waals surface area contributed by atoms with E-state index in [0.717, 1.165) is 5.69 Å². The van der Waals surface area contributed by atoms with Crippen molar-refractivity contribution in [1.82, 2.24) is 10.2 Å². The number of hydrogen-bond acceptors (Lipinski definition) is 4. The molecule has 2 aromatic rings. The molecule has 1 aliphatic rings. The second-order valence-corrected chi connectivity index (χ2v) is 6.36. The average molecular weight is 371 g/mol. The van der Waals surface area contributed by atoms with Crippen LogP contribution >= 0.6 is 0 Å². The molecule has 142 valence electrons. The Morgan fingerprint density at radius 1 is 1.00 bits per heavy atom. The largest absolute Gasteiger partial charge is 0.394 e. The third kappa shape index (κ3) is 4.62. The van der Waals surface area contributed by atoms with Crippen LogP contribution in [-0.4, -0.2) is 60.6 Å². The first kappa shape index (κ1) is 18.8. The summed E-state index contributed by atoms with van der Waals surface area (Å²) >= 11 is 0. The molecule has 2 aromatic carbocycles. The first-order valence-corrected chi connectivity index (χ1v) is 8.84. The molecule has 6 nitrogen and oxygen atoms in total. The minimum Gasteiger partial charge on any atom is -0.394 e. The van der Waals surface area contributed by atoms with Crippen LogP contribution in [0.3, 0.4) is 0 Å². The molecule has 7 heteroatoms. The van der Waals surface area contributed by atoms with Crippen molar-refractivity contribution in [2.75, 3.05) is 37.7 Å². The fourth-order valence-electron chi connectivity index (χ4n) is 3.07. The fraction of sp³-hybridized carbons (Fsp3) is 0.300. The number of rotatable bonds is 5. The van der Waals surface area contributed by atoms with Gasteiger partial charge in [-0.15, -0.1) is 0 Å². The number of nitrogens with zero attached hydrogens (tertiary/aromatic N) is 2. The molecule has 0 radical (unpaired) electrons. The fourth-order valence-corrected chi connectivity index (χ4v) is 3.07. The Hall–Kier alpha value is -2.93. The summed E-state index contributed by atoms with van der Waals surface area (Å²) in [6, 6.07) is 13.8. The molecular formula is C20H22FN3O3. The van der Waals surface area contributed by atoms with Crippen LogP contribution in [0.15, 0.2) is 54.6 Å². The third-order valence-electron chi connectivity index (χ3n) is 4.61. The predicted molar refractivity (Wildman–Crippen MR) is 100.0 cm³/mol. The van der Waals surface area contributed by atoms with E-state index in [0.29, 0.717) is 31.7 Å². The van der Waals surface area contributed by atoms with Gasteiger partial charge in [0.1, 0.15) is 11.9 Å². The summed E-state index contributed by atoms with van der Waals surface area (Å²) in [5.41, 5.74) is 1.34. The van der Waals surface area contributed by atoms with Gasteiger partial charge in [0.2, 0.25) is 5.91 Å². The van der Waals surface area contributed by atoms with Gasteiger partial charge in [-0.25, -0.2) is 4.39 Å². The van der Waals surface area contributed by atoms with E-state index >= 15 is 0 Å². The van der Waals surface area contributed by atoms with Crippen LogP contribution in [0.5, 0.6) is 0 Å². The molecule has 1 heterocycles. The molecule has 0 bridgehead atoms. The molecule has 2 N–H and O–H groups in total. The van der Waals surface area contributed by atoms with Crippen molar-refractivity contribution in [3.05, 3.63) is 66.0 Å². The zero-order valence-corrected chi connectivity index (χ0v) is 14.8. The van der Waals surface area contributed by atoms with E-state index in [1.807, 2.05) is 0 Å². The highest BCUT2D eigenvalue weighted by molar-refractivity contribution is 5.97. The minimum absolute atomic E-state index is 0.285. The second kappa shape index (κ2) is 8.64. The van der Waals surface area contributed by atoms with E-state index in [9.17, 15) is 19.1 Å². The maximum absolute atomic E-state index is 13.0. The minimum atomic E-state index is -0.977. The van der Waals surface area contributed by atoms with Crippen LogP contribution in [-0.2, 0) is 4.79 Å². The van der Waals surface area contributed by atoms with E-state index in [2.05, 4.69) is 10.2 Å². The SMILES string of the molecule is O=C(N[C@@H](CO)C(=O)N1CCN(c2ccc(F)cc2)CC1)c1ccccc1. The number of amides is 2. The summed E-state index contributed by atoms with van der Waals surface area (Å²) in [7, 11) is 0. The number of anilines is 1. The number of piperazine rings is 1. The zero-order chi connectivity index (χ0) is 19.2. The summed E-state index contributed by atoms with van der Waals surface area (Å²) < 4.78 is 13.0. The van der Waals surface area contributed by atoms with E-state index in [-0.39, 0.29) is 11.7 Å². The molecule has 27 heavy (non-hydrogen) atoms. The van der Waals surface area contributed by atoms with Gasteiger partial charge in [-0.1, -0.05) is 18.2 Å². The highest BCUT2D eigenvalue weighted by atomic mass is 19.1. The number of benzene rings is 2. The lowest BCUT2D eigenvalue weighted by atomic mass is 10.1. The predicted octanol–water partition coefficient (Wildman–Crippen LogP) is 1.27. The van der Waals surface area contributed by atoms with Crippen molar-refractivity contribution in [1.29, 1.82) is 0 Å². The van der Waals surface area contributed by atoms with Crippen LogP contribution in [0.1, 0.15) is 10.4 Å². The number of carbonyl (C=O) groups is 2. The van der Waals surface area contributed by atoms with E-state index in [1.165, 1.54) is 12.1 Å². The topological polar surface area (TPSA) is 72.9 Å². The standard InChI is InChI=1S/C20H22FN3O3/c21-16-6-8-17(9-7-16)23-10-12-24(13-11-23)20(27)18(14-25)22-19(26)15-4-2-1-3-5-15/h1-9,18,25H,10-14H2,(H,22,26)/t18-/m0/s1. The lowest BCUT2D eigenvalue weighted by Gasteiger charge is -2.37. The molecule has 0 spiro atoms. The van der Waals surface area contributed by atoms with Crippen LogP contribution in [0, 0.1) is 5.82 Å². The number of carbonyl (C=O) groups excluding carboxylic acids is 2. The van der Waals surface area contributed by atoms with Crippen molar-refractivity contribution in [3.63, 3.8) is 0 Å². The van der Waals surface area contributed by atoms with Gasteiger partial charge in [-0.3, -0.25) is 9.59 Å². The highest BCUT2D eigenvalue weighted by Gasteiger charge is 2.28. The van der Waals surface area contributed by atoms with Gasteiger partial charge in [0, 0.05) is 37.4 Å². The molecule has 0 unspecified atom stereocenters. The van der Waals surface area contributed by atoms with Gasteiger partial charge in [0.15, 0.2) is 0 Å². The molecule has 0 aliphatic carbocycles. The molecule has 0 saturated carbocycles. The van der Waals surface area contributed by atoms with Gasteiger partial charge in [-0.2, -0.15) is 0 Å². The summed E-state index contributed by atoms with van der Waals surface area (Å²) in [5.74, 6) is -0.985. The van der Waals surface area contributed by atoms with Crippen LogP contribution in [0.2, 0.25) is 0 Å². The van der Waals surface area contributed by atoms with Gasteiger partial charge in [0.25, 0.3) is 5.91 Å². The maximum atomic E-state index is 13.0. The Morgan fingerprint density at radius 3 is 2.22 bits per heavy atom. The number of aliphatic hydroxyl groups excluding tert-OH is 1. The van der Waals surface area contributed by atoms with Crippen molar-refractivity contribution >= 4 is 17.5 Å². The van der Waals surface area contributed by atoms with Gasteiger partial charge < -0.3 is 20.2 Å². The Labute approximate surface area is 157 Å². The quantitative estimate of drug-likeness (QED) is 0.830. The summed E-state index contributed by atoms with van der Waals surface area (Å²) in [6.07, 6.45) is 0. The van der Waals surface area contributed by atoms with Crippen molar-refractivity contribution in [3.8, 4) is 0 Å². The van der Waals surface area contributed by atoms with Crippen LogP contribution < -0.4 is 10.2 Å². The lowest BCUT2D eigenvalue weighted by molar-refractivity contribution is -0.134. The summed E-state index contributed by atoms with van der Waals surface area (Å²) in [6.45, 7) is 1.67. The molecule has 1 saturated heterocycles. The van der Waals surface area contributed by atoms with E-state index in [4.69, 9.17) is 0 Å². The van der Waals surface area contributed by atoms with Gasteiger partial charge in [-0.05, 0) is 36.4 Å². The Morgan fingerprint density at radius 2 is 1.63 bits per heavy atom. The smallest absolute Gasteiger partial charge is 0.251 e. The van der Waals surface area contributed by atoms with E-state index < -0.39 is 18.6 Å². The molecule has 2 amide bonds. The van der Waals surface area contributed by atoms with E-state index in [1.54, 1.807) is 47.4 Å². The third-order valence-corrected chi connectivity index (χ3v) is 4.61. The monoisotopic (exact) mass is 371 g/mol. The Balaban J connectivity index is 1.57. The summed E-state index contributed by atoms with van der Waals surface area (Å²) in [4.78, 5) is 28.6. The molecule has 1 fully saturated rings. The number of halogens is 1. The molecular weight excluding hydrogens is 349 g/mol. The molecule has 0 aromatic heterocycles. The first-order valence-electron chi connectivity index (χ1n) is 8.84. The van der Waals surface area contributed by atoms with Crippen molar-refractivity contribution in [2.45, 2.75) is 6.04 Å². The molecule has 1 aliphatic heterocycles. The Kier molecular flexibility index (Phi) is 6.03. The summed E-state index contributed by atoms with van der Waals surface area (Å²) in [5, 5.41) is 12.2. The highest BCUT2D eigenvalue weighted by Crippen LogP contribution is 2.17. The van der Waals surface area contributed by atoms with Gasteiger partial charge in [0.05, 0.1) is 6.61 Å². The number of aliphatic hydroxyl groups is 1.